The van der Waals surface area contributed by atoms with Gasteiger partial charge in [-0.2, -0.15) is 0 Å². The van der Waals surface area contributed by atoms with Crippen molar-refractivity contribution in [1.82, 2.24) is 9.55 Å². The van der Waals surface area contributed by atoms with Gasteiger partial charge >= 0.3 is 5.97 Å². The molecule has 0 aliphatic heterocycles. The van der Waals surface area contributed by atoms with Crippen LogP contribution in [0.3, 0.4) is 0 Å². The highest BCUT2D eigenvalue weighted by Gasteiger charge is 2.06. The van der Waals surface area contributed by atoms with Gasteiger partial charge in [-0.1, -0.05) is 0 Å². The largest absolute Gasteiger partial charge is 0.478 e. The van der Waals surface area contributed by atoms with Crippen molar-refractivity contribution in [2.75, 3.05) is 0 Å². The molecule has 0 aliphatic rings. The summed E-state index contributed by atoms with van der Waals surface area (Å²) in [4.78, 5) is 16.0. The van der Waals surface area contributed by atoms with Crippen LogP contribution in [0.25, 0.3) is 16.7 Å². The van der Waals surface area contributed by atoms with Gasteiger partial charge in [-0.05, 0) is 36.4 Å². The second-order valence-electron chi connectivity index (χ2n) is 4.14. The molecule has 0 atom stereocenters. The number of carbonyl (C=O) groups is 1. The van der Waals surface area contributed by atoms with Crippen LogP contribution >= 0.6 is 12.6 Å². The van der Waals surface area contributed by atoms with E-state index in [1.165, 1.54) is 0 Å². The van der Waals surface area contributed by atoms with Gasteiger partial charge in [0.1, 0.15) is 5.65 Å². The van der Waals surface area contributed by atoms with Gasteiger partial charge in [0.2, 0.25) is 0 Å². The van der Waals surface area contributed by atoms with Crippen LogP contribution in [0.1, 0.15) is 10.4 Å². The smallest absolute Gasteiger partial charge is 0.335 e. The molecule has 94 valence electrons. The summed E-state index contributed by atoms with van der Waals surface area (Å²) in [6, 6.07) is 10.6. The first kappa shape index (κ1) is 11.8. The molecule has 0 unspecified atom stereocenters. The van der Waals surface area contributed by atoms with Crippen molar-refractivity contribution in [3.8, 4) is 5.69 Å². The number of hydrogen-bond donors (Lipinski definition) is 2. The number of fused-ring (bicyclic) bond motifs is 1. The monoisotopic (exact) mass is 270 g/mol. The molecule has 0 fully saturated rings. The van der Waals surface area contributed by atoms with E-state index in [0.717, 1.165) is 21.6 Å². The maximum absolute atomic E-state index is 10.8. The molecule has 3 rings (SSSR count). The first-order valence-corrected chi connectivity index (χ1v) is 6.10. The summed E-state index contributed by atoms with van der Waals surface area (Å²) in [5, 5.41) is 9.88. The Morgan fingerprint density at radius 2 is 1.95 bits per heavy atom. The fraction of sp³-hybridized carbons (Fsp3) is 0. The molecule has 1 N–H and O–H groups in total. The number of aromatic nitrogens is 2. The molecule has 19 heavy (non-hydrogen) atoms. The van der Waals surface area contributed by atoms with Gasteiger partial charge in [-0.15, -0.1) is 12.6 Å². The molecule has 0 radical (unpaired) electrons. The number of carboxylic acid groups (broad SMARTS) is 1. The SMILES string of the molecule is O=C(O)c1ccc(-n2ccc3cc(S)cnc32)cc1. The van der Waals surface area contributed by atoms with Crippen LogP contribution in [0, 0.1) is 0 Å². The maximum Gasteiger partial charge on any atom is 0.335 e. The molecule has 3 aromatic rings. The van der Waals surface area contributed by atoms with Crippen molar-refractivity contribution in [1.29, 1.82) is 0 Å². The van der Waals surface area contributed by atoms with E-state index in [1.807, 2.05) is 22.9 Å². The van der Waals surface area contributed by atoms with Crippen molar-refractivity contribution in [2.24, 2.45) is 0 Å². The predicted molar refractivity (Wildman–Crippen MR) is 75.3 cm³/mol. The summed E-state index contributed by atoms with van der Waals surface area (Å²) in [7, 11) is 0. The van der Waals surface area contributed by atoms with Crippen LogP contribution in [-0.2, 0) is 0 Å². The summed E-state index contributed by atoms with van der Waals surface area (Å²) < 4.78 is 1.91. The highest BCUT2D eigenvalue weighted by Crippen LogP contribution is 2.21. The number of pyridine rings is 1. The molecule has 4 nitrogen and oxygen atoms in total. The molecule has 2 aromatic heterocycles. The molecule has 0 aliphatic carbocycles. The standard InChI is InChI=1S/C14H10N2O2S/c17-14(18)9-1-3-11(4-2-9)16-6-5-10-7-12(19)8-15-13(10)16/h1-8,19H,(H,17,18). The number of aromatic carboxylic acids is 1. The first-order chi connectivity index (χ1) is 9.15. The van der Waals surface area contributed by atoms with E-state index in [1.54, 1.807) is 30.5 Å². The molecule has 0 saturated heterocycles. The number of hydrogen-bond acceptors (Lipinski definition) is 3. The molecule has 0 spiro atoms. The van der Waals surface area contributed by atoms with E-state index in [2.05, 4.69) is 17.6 Å². The maximum atomic E-state index is 10.8. The molecule has 0 amide bonds. The Hall–Kier alpha value is -2.27. The van der Waals surface area contributed by atoms with Gasteiger partial charge in [-0.3, -0.25) is 0 Å². The van der Waals surface area contributed by atoms with Crippen molar-refractivity contribution in [3.63, 3.8) is 0 Å². The highest BCUT2D eigenvalue weighted by molar-refractivity contribution is 7.80. The van der Waals surface area contributed by atoms with E-state index in [0.29, 0.717) is 0 Å². The van der Waals surface area contributed by atoms with Crippen molar-refractivity contribution < 1.29 is 9.90 Å². The summed E-state index contributed by atoms with van der Waals surface area (Å²) in [6.07, 6.45) is 3.59. The van der Waals surface area contributed by atoms with Gasteiger partial charge in [-0.25, -0.2) is 9.78 Å². The van der Waals surface area contributed by atoms with E-state index in [-0.39, 0.29) is 5.56 Å². The zero-order valence-corrected chi connectivity index (χ0v) is 10.7. The van der Waals surface area contributed by atoms with Crippen molar-refractivity contribution in [2.45, 2.75) is 4.90 Å². The van der Waals surface area contributed by atoms with Crippen LogP contribution < -0.4 is 0 Å². The Bertz CT molecular complexity index is 763. The number of thiol groups is 1. The van der Waals surface area contributed by atoms with Gasteiger partial charge in [0.05, 0.1) is 5.56 Å². The van der Waals surface area contributed by atoms with Gasteiger partial charge in [0, 0.05) is 28.4 Å². The van der Waals surface area contributed by atoms with E-state index in [4.69, 9.17) is 5.11 Å². The second-order valence-corrected chi connectivity index (χ2v) is 4.66. The lowest BCUT2D eigenvalue weighted by Gasteiger charge is -2.05. The van der Waals surface area contributed by atoms with Crippen molar-refractivity contribution in [3.05, 3.63) is 54.4 Å². The third-order valence-electron chi connectivity index (χ3n) is 2.90. The summed E-state index contributed by atoms with van der Waals surface area (Å²) in [5.74, 6) is -0.929. The fourth-order valence-corrected chi connectivity index (χ4v) is 2.18. The van der Waals surface area contributed by atoms with Crippen LogP contribution in [0.2, 0.25) is 0 Å². The Morgan fingerprint density at radius 1 is 1.21 bits per heavy atom. The van der Waals surface area contributed by atoms with Gasteiger partial charge < -0.3 is 9.67 Å². The number of carboxylic acids is 1. The zero-order valence-electron chi connectivity index (χ0n) is 9.82. The molecule has 1 aromatic carbocycles. The lowest BCUT2D eigenvalue weighted by molar-refractivity contribution is 0.0697. The lowest BCUT2D eigenvalue weighted by atomic mass is 10.2. The Labute approximate surface area is 114 Å². The van der Waals surface area contributed by atoms with Crippen LogP contribution in [0.5, 0.6) is 0 Å². The summed E-state index contributed by atoms with van der Waals surface area (Å²) >= 11 is 4.26. The number of rotatable bonds is 2. The minimum atomic E-state index is -0.929. The predicted octanol–water partition coefficient (Wildman–Crippen LogP) is 3.01. The number of benzene rings is 1. The first-order valence-electron chi connectivity index (χ1n) is 5.65. The summed E-state index contributed by atoms with van der Waals surface area (Å²) in [6.45, 7) is 0. The second kappa shape index (κ2) is 4.44. The average molecular weight is 270 g/mol. The third-order valence-corrected chi connectivity index (χ3v) is 3.15. The normalized spacial score (nSPS) is 10.8. The van der Waals surface area contributed by atoms with E-state index in [9.17, 15) is 4.79 Å². The molecule has 2 heterocycles. The van der Waals surface area contributed by atoms with Crippen LogP contribution in [0.15, 0.2) is 53.7 Å². The number of nitrogens with zero attached hydrogens (tertiary/aromatic N) is 2. The zero-order chi connectivity index (χ0) is 13.4. The van der Waals surface area contributed by atoms with E-state index >= 15 is 0 Å². The molecule has 0 bridgehead atoms. The Kier molecular flexibility index (Phi) is 2.76. The lowest BCUT2D eigenvalue weighted by Crippen LogP contribution is -1.98. The molecular weight excluding hydrogens is 260 g/mol. The van der Waals surface area contributed by atoms with E-state index < -0.39 is 5.97 Å². The topological polar surface area (TPSA) is 55.1 Å². The minimum absolute atomic E-state index is 0.269. The van der Waals surface area contributed by atoms with Gasteiger partial charge in [0.15, 0.2) is 0 Å². The fourth-order valence-electron chi connectivity index (χ4n) is 1.99. The average Bonchev–Trinajstić information content (AvgIpc) is 2.81. The highest BCUT2D eigenvalue weighted by atomic mass is 32.1. The van der Waals surface area contributed by atoms with Crippen LogP contribution in [-0.4, -0.2) is 20.6 Å². The quantitative estimate of drug-likeness (QED) is 0.704. The Morgan fingerprint density at radius 3 is 2.63 bits per heavy atom. The molecule has 0 saturated carbocycles. The van der Waals surface area contributed by atoms with Crippen LogP contribution in [0.4, 0.5) is 0 Å². The minimum Gasteiger partial charge on any atom is -0.478 e. The third kappa shape index (κ3) is 2.08. The van der Waals surface area contributed by atoms with Crippen molar-refractivity contribution >= 4 is 29.6 Å². The summed E-state index contributed by atoms with van der Waals surface area (Å²) in [5.41, 5.74) is 1.96. The van der Waals surface area contributed by atoms with Gasteiger partial charge in [0.25, 0.3) is 0 Å². The molecular formula is C14H10N2O2S. The molecule has 5 heteroatoms. The Balaban J connectivity index is 2.11.